The van der Waals surface area contributed by atoms with Crippen LogP contribution in [0.4, 0.5) is 5.69 Å². The van der Waals surface area contributed by atoms with Crippen LogP contribution in [0.3, 0.4) is 0 Å². The van der Waals surface area contributed by atoms with E-state index in [2.05, 4.69) is 4.90 Å². The second-order valence-electron chi connectivity index (χ2n) is 5.89. The molecule has 0 spiro atoms. The van der Waals surface area contributed by atoms with Gasteiger partial charge in [-0.05, 0) is 30.3 Å². The number of rotatable bonds is 5. The van der Waals surface area contributed by atoms with Gasteiger partial charge < -0.3 is 14.4 Å². The molecule has 0 atom stereocenters. The minimum atomic E-state index is -3.55. The van der Waals surface area contributed by atoms with E-state index < -0.39 is 10.0 Å². The molecule has 0 saturated carbocycles. The Kier molecular flexibility index (Phi) is 5.60. The second kappa shape index (κ2) is 7.73. The van der Waals surface area contributed by atoms with Crippen molar-refractivity contribution in [1.82, 2.24) is 4.31 Å². The zero-order valence-electron chi connectivity index (χ0n) is 14.7. The molecule has 2 aromatic carbocycles. The summed E-state index contributed by atoms with van der Waals surface area (Å²) in [6.07, 6.45) is 0. The fraction of sp³-hybridized carbons (Fsp3) is 0.333. The first-order valence-corrected chi connectivity index (χ1v) is 10.00. The van der Waals surface area contributed by atoms with E-state index in [-0.39, 0.29) is 4.90 Å². The summed E-state index contributed by atoms with van der Waals surface area (Å²) in [5.41, 5.74) is 0.924. The lowest BCUT2D eigenvalue weighted by Crippen LogP contribution is -2.48. The SMILES string of the molecule is COc1ccc(N2CCN(S(=O)(=O)c3cccc(Cl)c3)CC2)c(OC)c1. The first-order chi connectivity index (χ1) is 12.5. The molecule has 1 heterocycles. The van der Waals surface area contributed by atoms with E-state index >= 15 is 0 Å². The van der Waals surface area contributed by atoms with Gasteiger partial charge in [0.15, 0.2) is 0 Å². The van der Waals surface area contributed by atoms with Crippen molar-refractivity contribution >= 4 is 27.3 Å². The lowest BCUT2D eigenvalue weighted by atomic mass is 10.2. The Labute approximate surface area is 158 Å². The van der Waals surface area contributed by atoms with Crippen molar-refractivity contribution in [3.8, 4) is 11.5 Å². The van der Waals surface area contributed by atoms with E-state index in [0.717, 1.165) is 5.69 Å². The van der Waals surface area contributed by atoms with Gasteiger partial charge in [0.1, 0.15) is 11.5 Å². The van der Waals surface area contributed by atoms with Gasteiger partial charge in [-0.1, -0.05) is 17.7 Å². The van der Waals surface area contributed by atoms with Gasteiger partial charge in [-0.15, -0.1) is 0 Å². The number of methoxy groups -OCH3 is 2. The highest BCUT2D eigenvalue weighted by Gasteiger charge is 2.29. The van der Waals surface area contributed by atoms with Gasteiger partial charge in [0.25, 0.3) is 0 Å². The molecule has 26 heavy (non-hydrogen) atoms. The van der Waals surface area contributed by atoms with Gasteiger partial charge in [0.05, 0.1) is 24.8 Å². The van der Waals surface area contributed by atoms with E-state index in [1.807, 2.05) is 18.2 Å². The van der Waals surface area contributed by atoms with Crippen LogP contribution in [0, 0.1) is 0 Å². The molecule has 0 radical (unpaired) electrons. The number of hydrogen-bond acceptors (Lipinski definition) is 5. The molecule has 3 rings (SSSR count). The maximum Gasteiger partial charge on any atom is 0.243 e. The summed E-state index contributed by atoms with van der Waals surface area (Å²) in [6.45, 7) is 1.93. The zero-order valence-corrected chi connectivity index (χ0v) is 16.3. The first-order valence-electron chi connectivity index (χ1n) is 8.18. The molecule has 1 aliphatic heterocycles. The molecule has 0 amide bonds. The third-order valence-electron chi connectivity index (χ3n) is 4.40. The van der Waals surface area contributed by atoms with E-state index in [0.29, 0.717) is 42.7 Å². The minimum absolute atomic E-state index is 0.223. The van der Waals surface area contributed by atoms with Gasteiger partial charge in [-0.2, -0.15) is 4.31 Å². The lowest BCUT2D eigenvalue weighted by Gasteiger charge is -2.36. The van der Waals surface area contributed by atoms with Crippen LogP contribution in [0.2, 0.25) is 5.02 Å². The average molecular weight is 397 g/mol. The third-order valence-corrected chi connectivity index (χ3v) is 6.53. The Hall–Kier alpha value is -1.96. The van der Waals surface area contributed by atoms with Crippen LogP contribution in [0.5, 0.6) is 11.5 Å². The maximum absolute atomic E-state index is 12.8. The average Bonchev–Trinajstić information content (AvgIpc) is 2.67. The van der Waals surface area contributed by atoms with Gasteiger partial charge in [0, 0.05) is 37.3 Å². The molecule has 6 nitrogen and oxygen atoms in total. The largest absolute Gasteiger partial charge is 0.497 e. The minimum Gasteiger partial charge on any atom is -0.497 e. The smallest absolute Gasteiger partial charge is 0.243 e. The molecular formula is C18H21ClN2O4S. The number of piperazine rings is 1. The van der Waals surface area contributed by atoms with Crippen LogP contribution in [0.25, 0.3) is 0 Å². The fourth-order valence-electron chi connectivity index (χ4n) is 2.99. The number of hydrogen-bond donors (Lipinski definition) is 0. The number of sulfonamides is 1. The summed E-state index contributed by atoms with van der Waals surface area (Å²) in [5.74, 6) is 1.42. The number of halogens is 1. The van der Waals surface area contributed by atoms with Crippen LogP contribution in [-0.4, -0.2) is 53.1 Å². The lowest BCUT2D eigenvalue weighted by molar-refractivity contribution is 0.375. The van der Waals surface area contributed by atoms with Crippen LogP contribution < -0.4 is 14.4 Å². The molecule has 0 aromatic heterocycles. The van der Waals surface area contributed by atoms with Gasteiger partial charge in [-0.25, -0.2) is 8.42 Å². The van der Waals surface area contributed by atoms with Gasteiger partial charge >= 0.3 is 0 Å². The molecule has 0 N–H and O–H groups in total. The Bertz CT molecular complexity index is 881. The van der Waals surface area contributed by atoms with Crippen LogP contribution in [0.15, 0.2) is 47.4 Å². The van der Waals surface area contributed by atoms with E-state index in [1.54, 1.807) is 32.4 Å². The normalized spacial score (nSPS) is 15.7. The van der Waals surface area contributed by atoms with Crippen LogP contribution in [0.1, 0.15) is 0 Å². The molecule has 1 fully saturated rings. The highest BCUT2D eigenvalue weighted by atomic mass is 35.5. The van der Waals surface area contributed by atoms with Gasteiger partial charge in [-0.3, -0.25) is 0 Å². The summed E-state index contributed by atoms with van der Waals surface area (Å²) in [5, 5.41) is 0.410. The highest BCUT2D eigenvalue weighted by molar-refractivity contribution is 7.89. The van der Waals surface area contributed by atoms with Crippen molar-refractivity contribution in [2.45, 2.75) is 4.90 Å². The molecule has 8 heteroatoms. The maximum atomic E-state index is 12.8. The molecule has 0 bridgehead atoms. The van der Waals surface area contributed by atoms with Crippen LogP contribution in [-0.2, 0) is 10.0 Å². The topological polar surface area (TPSA) is 59.1 Å². The first kappa shape index (κ1) is 18.8. The van der Waals surface area contributed by atoms with Crippen molar-refractivity contribution in [1.29, 1.82) is 0 Å². The molecule has 1 saturated heterocycles. The highest BCUT2D eigenvalue weighted by Crippen LogP contribution is 2.33. The number of anilines is 1. The Morgan fingerprint density at radius 3 is 2.31 bits per heavy atom. The molecular weight excluding hydrogens is 376 g/mol. The third kappa shape index (κ3) is 3.75. The fourth-order valence-corrected chi connectivity index (χ4v) is 4.72. The summed E-state index contributed by atoms with van der Waals surface area (Å²) in [4.78, 5) is 2.34. The van der Waals surface area contributed by atoms with E-state index in [9.17, 15) is 8.42 Å². The predicted molar refractivity (Wildman–Crippen MR) is 102 cm³/mol. The summed E-state index contributed by atoms with van der Waals surface area (Å²) >= 11 is 5.94. The Balaban J connectivity index is 1.75. The summed E-state index contributed by atoms with van der Waals surface area (Å²) in [7, 11) is -0.331. The van der Waals surface area contributed by atoms with Crippen molar-refractivity contribution in [3.05, 3.63) is 47.5 Å². The molecule has 2 aromatic rings. The van der Waals surface area contributed by atoms with Crippen molar-refractivity contribution in [2.75, 3.05) is 45.3 Å². The molecule has 0 aliphatic carbocycles. The molecule has 1 aliphatic rings. The standard InChI is InChI=1S/C18H21ClN2O4S/c1-24-15-6-7-17(18(13-15)25-2)20-8-10-21(11-9-20)26(22,23)16-5-3-4-14(19)12-16/h3-7,12-13H,8-11H2,1-2H3. The quantitative estimate of drug-likeness (QED) is 0.777. The Morgan fingerprint density at radius 1 is 0.962 bits per heavy atom. The number of ether oxygens (including phenoxy) is 2. The van der Waals surface area contributed by atoms with Crippen molar-refractivity contribution in [3.63, 3.8) is 0 Å². The van der Waals surface area contributed by atoms with Crippen molar-refractivity contribution in [2.24, 2.45) is 0 Å². The number of benzene rings is 2. The van der Waals surface area contributed by atoms with Gasteiger partial charge in [0.2, 0.25) is 10.0 Å². The monoisotopic (exact) mass is 396 g/mol. The Morgan fingerprint density at radius 2 is 1.69 bits per heavy atom. The van der Waals surface area contributed by atoms with Crippen molar-refractivity contribution < 1.29 is 17.9 Å². The zero-order chi connectivity index (χ0) is 18.7. The van der Waals surface area contributed by atoms with E-state index in [1.165, 1.54) is 10.4 Å². The van der Waals surface area contributed by atoms with Crippen LogP contribution >= 0.6 is 11.6 Å². The molecule has 140 valence electrons. The second-order valence-corrected chi connectivity index (χ2v) is 8.26. The van der Waals surface area contributed by atoms with E-state index in [4.69, 9.17) is 21.1 Å². The summed E-state index contributed by atoms with van der Waals surface area (Å²) in [6, 6.07) is 12.0. The summed E-state index contributed by atoms with van der Waals surface area (Å²) < 4.78 is 37.8. The number of nitrogens with zero attached hydrogens (tertiary/aromatic N) is 2. The molecule has 0 unspecified atom stereocenters. The predicted octanol–water partition coefficient (Wildman–Crippen LogP) is 2.87.